The second-order valence-corrected chi connectivity index (χ2v) is 9.44. The molecule has 5 heteroatoms. The molecule has 0 saturated carbocycles. The minimum absolute atomic E-state index is 0.244. The molecule has 1 N–H and O–H groups in total. The first kappa shape index (κ1) is 25.5. The van der Waals surface area contributed by atoms with Gasteiger partial charge in [0.1, 0.15) is 18.3 Å². The van der Waals surface area contributed by atoms with Gasteiger partial charge < -0.3 is 24.1 Å². The lowest BCUT2D eigenvalue weighted by Crippen LogP contribution is -2.57. The fourth-order valence-electron chi connectivity index (χ4n) is 4.49. The number of ether oxygens (including phenoxy) is 4. The van der Waals surface area contributed by atoms with Crippen LogP contribution in [0.1, 0.15) is 49.5 Å². The highest BCUT2D eigenvalue weighted by Crippen LogP contribution is 2.37. The molecule has 0 spiro atoms. The Labute approximate surface area is 208 Å². The van der Waals surface area contributed by atoms with Gasteiger partial charge in [-0.25, -0.2) is 0 Å². The van der Waals surface area contributed by atoms with Crippen LogP contribution in [-0.2, 0) is 32.2 Å². The van der Waals surface area contributed by atoms with Crippen LogP contribution in [0.3, 0.4) is 0 Å². The van der Waals surface area contributed by atoms with Crippen LogP contribution in [-0.4, -0.2) is 35.8 Å². The molecule has 4 atom stereocenters. The van der Waals surface area contributed by atoms with Crippen LogP contribution in [0.2, 0.25) is 0 Å². The Hall–Kier alpha value is -2.54. The van der Waals surface area contributed by atoms with Crippen molar-refractivity contribution in [1.29, 1.82) is 0 Å². The Kier molecular flexibility index (Phi) is 9.07. The molecule has 1 aliphatic rings. The summed E-state index contributed by atoms with van der Waals surface area (Å²) in [5.74, 6) is -0.845. The van der Waals surface area contributed by atoms with E-state index in [4.69, 9.17) is 18.9 Å². The summed E-state index contributed by atoms with van der Waals surface area (Å²) < 4.78 is 24.9. The molecular weight excluding hydrogens is 440 g/mol. The summed E-state index contributed by atoms with van der Waals surface area (Å²) in [4.78, 5) is 0. The molecule has 186 valence electrons. The van der Waals surface area contributed by atoms with E-state index in [-0.39, 0.29) is 6.10 Å². The second kappa shape index (κ2) is 12.4. The topological polar surface area (TPSA) is 57.2 Å². The van der Waals surface area contributed by atoms with Gasteiger partial charge in [0.25, 0.3) is 0 Å². The van der Waals surface area contributed by atoms with Crippen molar-refractivity contribution >= 4 is 0 Å². The average Bonchev–Trinajstić information content (AvgIpc) is 2.88. The standard InChI is InChI=1S/C30H36O5/c1-30(2)34-26(19-12-20-32-21-23-13-6-3-7-14-23)28(33-22-24-15-8-4-9-16-24)29(35-30)27(31)25-17-10-5-11-18-25/h3-11,13-18,26-29,31H,12,19-22H2,1-2H3/t26-,27-,28-,29-/m1/s1. The molecule has 1 fully saturated rings. The number of aliphatic hydroxyl groups is 1. The summed E-state index contributed by atoms with van der Waals surface area (Å²) in [6.07, 6.45) is -0.540. The van der Waals surface area contributed by atoms with Gasteiger partial charge in [0.05, 0.1) is 19.3 Å². The van der Waals surface area contributed by atoms with Crippen molar-refractivity contribution in [2.45, 2.75) is 70.1 Å². The molecule has 1 heterocycles. The SMILES string of the molecule is CC1(C)O[C@H]([C@H](O)c2ccccc2)[C@H](OCc2ccccc2)[C@@H](CCCOCc2ccccc2)O1. The average molecular weight is 477 g/mol. The molecule has 4 rings (SSSR count). The maximum atomic E-state index is 11.3. The van der Waals surface area contributed by atoms with Gasteiger partial charge in [-0.3, -0.25) is 0 Å². The highest BCUT2D eigenvalue weighted by Gasteiger charge is 2.47. The molecule has 0 radical (unpaired) electrons. The predicted octanol–water partition coefficient (Wildman–Crippen LogP) is 5.82. The fourth-order valence-corrected chi connectivity index (χ4v) is 4.49. The summed E-state index contributed by atoms with van der Waals surface area (Å²) >= 11 is 0. The summed E-state index contributed by atoms with van der Waals surface area (Å²) in [6, 6.07) is 29.8. The zero-order valence-corrected chi connectivity index (χ0v) is 20.6. The smallest absolute Gasteiger partial charge is 0.163 e. The Morgan fingerprint density at radius 1 is 0.800 bits per heavy atom. The molecule has 0 aliphatic carbocycles. The monoisotopic (exact) mass is 476 g/mol. The zero-order chi connectivity index (χ0) is 24.5. The lowest BCUT2D eigenvalue weighted by molar-refractivity contribution is -0.353. The maximum Gasteiger partial charge on any atom is 0.163 e. The number of rotatable bonds is 11. The lowest BCUT2D eigenvalue weighted by atomic mass is 9.93. The Bertz CT molecular complexity index is 993. The molecule has 0 unspecified atom stereocenters. The minimum Gasteiger partial charge on any atom is -0.386 e. The number of benzene rings is 3. The molecular formula is C30H36O5. The Morgan fingerprint density at radius 3 is 2.00 bits per heavy atom. The first-order chi connectivity index (χ1) is 17.0. The molecule has 0 bridgehead atoms. The first-order valence-corrected chi connectivity index (χ1v) is 12.4. The van der Waals surface area contributed by atoms with Crippen molar-refractivity contribution in [3.05, 3.63) is 108 Å². The van der Waals surface area contributed by atoms with Gasteiger partial charge in [-0.05, 0) is 43.4 Å². The largest absolute Gasteiger partial charge is 0.386 e. The predicted molar refractivity (Wildman–Crippen MR) is 136 cm³/mol. The van der Waals surface area contributed by atoms with Crippen molar-refractivity contribution in [1.82, 2.24) is 0 Å². The van der Waals surface area contributed by atoms with Gasteiger partial charge in [0.15, 0.2) is 5.79 Å². The van der Waals surface area contributed by atoms with Gasteiger partial charge in [-0.2, -0.15) is 0 Å². The van der Waals surface area contributed by atoms with Gasteiger partial charge in [0.2, 0.25) is 0 Å². The van der Waals surface area contributed by atoms with Crippen LogP contribution >= 0.6 is 0 Å². The minimum atomic E-state index is -0.845. The third-order valence-corrected chi connectivity index (χ3v) is 6.17. The summed E-state index contributed by atoms with van der Waals surface area (Å²) in [5.41, 5.74) is 3.02. The van der Waals surface area contributed by atoms with E-state index in [1.807, 2.05) is 92.7 Å². The van der Waals surface area contributed by atoms with Gasteiger partial charge in [-0.15, -0.1) is 0 Å². The van der Waals surface area contributed by atoms with Crippen LogP contribution in [0.15, 0.2) is 91.0 Å². The Balaban J connectivity index is 1.44. The molecule has 3 aromatic rings. The zero-order valence-electron chi connectivity index (χ0n) is 20.6. The lowest BCUT2D eigenvalue weighted by Gasteiger charge is -2.47. The molecule has 0 aromatic heterocycles. The van der Waals surface area contributed by atoms with E-state index < -0.39 is 24.1 Å². The third-order valence-electron chi connectivity index (χ3n) is 6.17. The van der Waals surface area contributed by atoms with Crippen molar-refractivity contribution in [2.75, 3.05) is 6.61 Å². The molecule has 5 nitrogen and oxygen atoms in total. The van der Waals surface area contributed by atoms with E-state index in [0.29, 0.717) is 19.8 Å². The van der Waals surface area contributed by atoms with Crippen molar-refractivity contribution in [2.24, 2.45) is 0 Å². The van der Waals surface area contributed by atoms with Crippen molar-refractivity contribution in [3.8, 4) is 0 Å². The van der Waals surface area contributed by atoms with Crippen LogP contribution in [0.5, 0.6) is 0 Å². The molecule has 35 heavy (non-hydrogen) atoms. The van der Waals surface area contributed by atoms with Gasteiger partial charge in [0, 0.05) is 6.61 Å². The van der Waals surface area contributed by atoms with Gasteiger partial charge in [-0.1, -0.05) is 91.0 Å². The third kappa shape index (κ3) is 7.47. The second-order valence-electron chi connectivity index (χ2n) is 9.44. The summed E-state index contributed by atoms with van der Waals surface area (Å²) in [7, 11) is 0. The van der Waals surface area contributed by atoms with Crippen LogP contribution in [0.25, 0.3) is 0 Å². The van der Waals surface area contributed by atoms with Crippen molar-refractivity contribution < 1.29 is 24.1 Å². The summed E-state index contributed by atoms with van der Waals surface area (Å²) in [5, 5.41) is 11.3. The molecule has 3 aromatic carbocycles. The van der Waals surface area contributed by atoms with Crippen LogP contribution in [0, 0.1) is 0 Å². The van der Waals surface area contributed by atoms with Gasteiger partial charge >= 0.3 is 0 Å². The van der Waals surface area contributed by atoms with E-state index in [2.05, 4.69) is 12.1 Å². The quantitative estimate of drug-likeness (QED) is 0.353. The van der Waals surface area contributed by atoms with E-state index in [1.165, 1.54) is 0 Å². The number of hydrogen-bond donors (Lipinski definition) is 1. The van der Waals surface area contributed by atoms with Crippen molar-refractivity contribution in [3.63, 3.8) is 0 Å². The van der Waals surface area contributed by atoms with E-state index in [9.17, 15) is 5.11 Å². The van der Waals surface area contributed by atoms with E-state index in [1.54, 1.807) is 0 Å². The molecule has 1 saturated heterocycles. The van der Waals surface area contributed by atoms with Crippen LogP contribution in [0.4, 0.5) is 0 Å². The number of hydrogen-bond acceptors (Lipinski definition) is 5. The number of aliphatic hydroxyl groups excluding tert-OH is 1. The highest BCUT2D eigenvalue weighted by molar-refractivity contribution is 5.20. The maximum absolute atomic E-state index is 11.3. The molecule has 1 aliphatic heterocycles. The summed E-state index contributed by atoms with van der Waals surface area (Å²) in [6.45, 7) is 5.41. The van der Waals surface area contributed by atoms with E-state index >= 15 is 0 Å². The molecule has 0 amide bonds. The Morgan fingerprint density at radius 2 is 1.37 bits per heavy atom. The fraction of sp³-hybridized carbons (Fsp3) is 0.400. The normalized spacial score (nSPS) is 22.5. The highest BCUT2D eigenvalue weighted by atomic mass is 16.7. The van der Waals surface area contributed by atoms with E-state index in [0.717, 1.165) is 29.5 Å². The van der Waals surface area contributed by atoms with Crippen LogP contribution < -0.4 is 0 Å². The first-order valence-electron chi connectivity index (χ1n) is 12.4.